The zero-order chi connectivity index (χ0) is 12.8. The maximum atomic E-state index is 5.58. The molecule has 1 aromatic heterocycles. The van der Waals surface area contributed by atoms with Crippen molar-refractivity contribution in [2.75, 3.05) is 0 Å². The van der Waals surface area contributed by atoms with Crippen molar-refractivity contribution in [3.8, 4) is 0 Å². The topological polar surface area (TPSA) is 55.9 Å². The van der Waals surface area contributed by atoms with E-state index in [4.69, 9.17) is 5.84 Å². The fourth-order valence-corrected chi connectivity index (χ4v) is 1.95. The van der Waals surface area contributed by atoms with Crippen LogP contribution >= 0.6 is 0 Å². The molecule has 0 saturated heterocycles. The highest BCUT2D eigenvalue weighted by atomic mass is 15.3. The molecule has 0 aliphatic carbocycles. The molecule has 0 radical (unpaired) electrons. The highest BCUT2D eigenvalue weighted by molar-refractivity contribution is 5.02. The van der Waals surface area contributed by atoms with Crippen molar-refractivity contribution < 1.29 is 0 Å². The molecular weight excluding hydrogens is 212 g/mol. The summed E-state index contributed by atoms with van der Waals surface area (Å²) in [5.41, 5.74) is 4.00. The number of nitrogens with one attached hydrogen (secondary N) is 1. The average molecular weight is 238 g/mol. The van der Waals surface area contributed by atoms with E-state index < -0.39 is 0 Å². The monoisotopic (exact) mass is 238 g/mol. The molecule has 1 rings (SSSR count). The summed E-state index contributed by atoms with van der Waals surface area (Å²) < 4.78 is 2.04. The maximum Gasteiger partial charge on any atom is 0.0640 e. The van der Waals surface area contributed by atoms with Crippen LogP contribution in [-0.2, 0) is 6.42 Å². The number of nitrogens with two attached hydrogens (primary N) is 1. The Hall–Kier alpha value is -0.870. The van der Waals surface area contributed by atoms with Gasteiger partial charge in [-0.1, -0.05) is 20.8 Å². The fourth-order valence-electron chi connectivity index (χ4n) is 1.95. The third kappa shape index (κ3) is 4.48. The lowest BCUT2D eigenvalue weighted by atomic mass is 10.0. The Bertz CT molecular complexity index is 319. The zero-order valence-corrected chi connectivity index (χ0v) is 11.5. The molecule has 0 aliphatic heterocycles. The van der Waals surface area contributed by atoms with E-state index in [1.807, 2.05) is 4.68 Å². The molecule has 1 heterocycles. The molecule has 2 unspecified atom stereocenters. The Morgan fingerprint density at radius 1 is 1.41 bits per heavy atom. The molecule has 0 bridgehead atoms. The minimum Gasteiger partial charge on any atom is -0.271 e. The van der Waals surface area contributed by atoms with Gasteiger partial charge in [0, 0.05) is 24.7 Å². The smallest absolute Gasteiger partial charge is 0.0640 e. The third-order valence-electron chi connectivity index (χ3n) is 3.15. The summed E-state index contributed by atoms with van der Waals surface area (Å²) in [4.78, 5) is 0. The molecule has 0 fully saturated rings. The maximum absolute atomic E-state index is 5.58. The summed E-state index contributed by atoms with van der Waals surface area (Å²) in [6, 6.07) is 2.88. The summed E-state index contributed by atoms with van der Waals surface area (Å²) in [5.74, 6) is 6.22. The Morgan fingerprint density at radius 2 is 2.12 bits per heavy atom. The summed E-state index contributed by atoms with van der Waals surface area (Å²) in [6.45, 7) is 8.78. The van der Waals surface area contributed by atoms with Crippen molar-refractivity contribution in [2.24, 2.45) is 11.8 Å². The van der Waals surface area contributed by atoms with Crippen LogP contribution in [0.4, 0.5) is 0 Å². The normalized spacial score (nSPS) is 15.2. The van der Waals surface area contributed by atoms with E-state index in [9.17, 15) is 0 Å². The predicted octanol–water partition coefficient (Wildman–Crippen LogP) is 2.27. The van der Waals surface area contributed by atoms with Gasteiger partial charge < -0.3 is 0 Å². The van der Waals surface area contributed by atoms with Crippen LogP contribution in [0.1, 0.15) is 52.3 Å². The average Bonchev–Trinajstić information content (AvgIpc) is 2.75. The van der Waals surface area contributed by atoms with Gasteiger partial charge in [-0.25, -0.2) is 0 Å². The minimum absolute atomic E-state index is 0.315. The second-order valence-corrected chi connectivity index (χ2v) is 5.24. The van der Waals surface area contributed by atoms with Crippen LogP contribution in [0.5, 0.6) is 0 Å². The third-order valence-corrected chi connectivity index (χ3v) is 3.15. The number of aromatic nitrogens is 2. The Labute approximate surface area is 105 Å². The summed E-state index contributed by atoms with van der Waals surface area (Å²) in [6.07, 6.45) is 5.14. The number of hydrazine groups is 1. The van der Waals surface area contributed by atoms with Gasteiger partial charge in [0.15, 0.2) is 0 Å². The van der Waals surface area contributed by atoms with Crippen molar-refractivity contribution in [3.63, 3.8) is 0 Å². The molecule has 0 aliphatic rings. The minimum atomic E-state index is 0.315. The van der Waals surface area contributed by atoms with E-state index >= 15 is 0 Å². The quantitative estimate of drug-likeness (QED) is 0.566. The lowest BCUT2D eigenvalue weighted by Crippen LogP contribution is -2.37. The zero-order valence-electron chi connectivity index (χ0n) is 11.5. The predicted molar refractivity (Wildman–Crippen MR) is 71.5 cm³/mol. The SMILES string of the molecule is CCC(C)n1ccc(CC(CC(C)C)NN)n1. The number of hydrogen-bond donors (Lipinski definition) is 2. The van der Waals surface area contributed by atoms with Crippen molar-refractivity contribution in [2.45, 2.75) is 59.0 Å². The van der Waals surface area contributed by atoms with Crippen molar-refractivity contribution in [1.82, 2.24) is 15.2 Å². The Morgan fingerprint density at radius 3 is 2.65 bits per heavy atom. The Balaban J connectivity index is 2.58. The van der Waals surface area contributed by atoms with Gasteiger partial charge in [0.1, 0.15) is 0 Å². The van der Waals surface area contributed by atoms with Crippen LogP contribution in [0.2, 0.25) is 0 Å². The van der Waals surface area contributed by atoms with Gasteiger partial charge in [-0.3, -0.25) is 16.0 Å². The largest absolute Gasteiger partial charge is 0.271 e. The summed E-state index contributed by atoms with van der Waals surface area (Å²) in [5, 5.41) is 4.60. The number of nitrogens with zero attached hydrogens (tertiary/aromatic N) is 2. The van der Waals surface area contributed by atoms with Gasteiger partial charge >= 0.3 is 0 Å². The molecule has 4 heteroatoms. The highest BCUT2D eigenvalue weighted by Gasteiger charge is 2.12. The molecule has 0 saturated carbocycles. The second kappa shape index (κ2) is 6.77. The van der Waals surface area contributed by atoms with Crippen LogP contribution in [0.25, 0.3) is 0 Å². The highest BCUT2D eigenvalue weighted by Crippen LogP contribution is 2.12. The van der Waals surface area contributed by atoms with Crippen molar-refractivity contribution in [1.29, 1.82) is 0 Å². The van der Waals surface area contributed by atoms with Gasteiger partial charge in [0.25, 0.3) is 0 Å². The number of rotatable bonds is 7. The van der Waals surface area contributed by atoms with Crippen LogP contribution in [0.15, 0.2) is 12.3 Å². The van der Waals surface area contributed by atoms with Gasteiger partial charge in [-0.05, 0) is 31.7 Å². The fraction of sp³-hybridized carbons (Fsp3) is 0.769. The van der Waals surface area contributed by atoms with E-state index in [0.717, 1.165) is 25.0 Å². The molecule has 2 atom stereocenters. The lowest BCUT2D eigenvalue weighted by molar-refractivity contribution is 0.414. The van der Waals surface area contributed by atoms with E-state index in [2.05, 4.69) is 50.5 Å². The standard InChI is InChI=1S/C13H26N4/c1-5-11(4)17-7-6-12(16-17)9-13(15-14)8-10(2)3/h6-7,10-11,13,15H,5,8-9,14H2,1-4H3. The van der Waals surface area contributed by atoms with Crippen LogP contribution < -0.4 is 11.3 Å². The summed E-state index contributed by atoms with van der Waals surface area (Å²) >= 11 is 0. The molecule has 4 nitrogen and oxygen atoms in total. The first-order valence-electron chi connectivity index (χ1n) is 6.57. The lowest BCUT2D eigenvalue weighted by Gasteiger charge is -2.16. The molecule has 0 aromatic carbocycles. The van der Waals surface area contributed by atoms with Gasteiger partial charge in [0.05, 0.1) is 5.69 Å². The molecule has 1 aromatic rings. The van der Waals surface area contributed by atoms with Gasteiger partial charge in [0.2, 0.25) is 0 Å². The molecule has 0 spiro atoms. The van der Waals surface area contributed by atoms with Crippen LogP contribution in [-0.4, -0.2) is 15.8 Å². The molecular formula is C13H26N4. The number of hydrogen-bond acceptors (Lipinski definition) is 3. The van der Waals surface area contributed by atoms with E-state index in [-0.39, 0.29) is 0 Å². The van der Waals surface area contributed by atoms with E-state index in [1.165, 1.54) is 0 Å². The first kappa shape index (κ1) is 14.2. The first-order chi connectivity index (χ1) is 8.06. The van der Waals surface area contributed by atoms with Crippen LogP contribution in [0.3, 0.4) is 0 Å². The summed E-state index contributed by atoms with van der Waals surface area (Å²) in [7, 11) is 0. The van der Waals surface area contributed by atoms with Crippen LogP contribution in [0, 0.1) is 5.92 Å². The molecule has 3 N–H and O–H groups in total. The Kier molecular flexibility index (Phi) is 5.65. The molecule has 0 amide bonds. The van der Waals surface area contributed by atoms with E-state index in [1.54, 1.807) is 0 Å². The van der Waals surface area contributed by atoms with E-state index in [0.29, 0.717) is 18.0 Å². The molecule has 98 valence electrons. The van der Waals surface area contributed by atoms with Gasteiger partial charge in [-0.15, -0.1) is 0 Å². The van der Waals surface area contributed by atoms with Gasteiger partial charge in [-0.2, -0.15) is 5.10 Å². The van der Waals surface area contributed by atoms with Crippen molar-refractivity contribution >= 4 is 0 Å². The first-order valence-corrected chi connectivity index (χ1v) is 6.57. The van der Waals surface area contributed by atoms with Crippen molar-refractivity contribution in [3.05, 3.63) is 18.0 Å². The second-order valence-electron chi connectivity index (χ2n) is 5.24. The molecule has 17 heavy (non-hydrogen) atoms.